The van der Waals surface area contributed by atoms with Gasteiger partial charge in [0.1, 0.15) is 17.5 Å². The van der Waals surface area contributed by atoms with Crippen LogP contribution in [0.1, 0.15) is 26.9 Å². The van der Waals surface area contributed by atoms with Gasteiger partial charge in [0.25, 0.3) is 5.91 Å². The minimum atomic E-state index is -1.09. The predicted octanol–water partition coefficient (Wildman–Crippen LogP) is 2.07. The van der Waals surface area contributed by atoms with E-state index in [-0.39, 0.29) is 17.7 Å². The first kappa shape index (κ1) is 17.6. The summed E-state index contributed by atoms with van der Waals surface area (Å²) in [6.45, 7) is 0. The normalized spacial score (nSPS) is 21.5. The molecule has 3 unspecified atom stereocenters. The second kappa shape index (κ2) is 7.08. The van der Waals surface area contributed by atoms with Crippen LogP contribution < -0.4 is 5.32 Å². The van der Waals surface area contributed by atoms with Gasteiger partial charge in [0.15, 0.2) is 0 Å². The molecule has 0 spiro atoms. The zero-order chi connectivity index (χ0) is 19.0. The number of benzene rings is 2. The number of aliphatic carboxylic acids is 1. The Morgan fingerprint density at radius 3 is 2.59 bits per heavy atom. The molecule has 2 N–H and O–H groups in total. The van der Waals surface area contributed by atoms with E-state index in [1.807, 2.05) is 42.5 Å². The lowest BCUT2D eigenvalue weighted by molar-refractivity contribution is -0.142. The van der Waals surface area contributed by atoms with E-state index in [1.165, 1.54) is 11.8 Å². The number of amides is 2. The fourth-order valence-electron chi connectivity index (χ4n) is 3.56. The second-order valence-corrected chi connectivity index (χ2v) is 7.70. The Labute approximate surface area is 160 Å². The molecule has 2 heterocycles. The van der Waals surface area contributed by atoms with Gasteiger partial charge in [-0.25, -0.2) is 4.79 Å². The summed E-state index contributed by atoms with van der Waals surface area (Å²) in [6, 6.07) is 14.8. The van der Waals surface area contributed by atoms with Crippen molar-refractivity contribution in [2.45, 2.75) is 23.9 Å². The highest BCUT2D eigenvalue weighted by molar-refractivity contribution is 7.99. The number of rotatable bonds is 5. The van der Waals surface area contributed by atoms with E-state index in [0.717, 1.165) is 11.1 Å². The van der Waals surface area contributed by atoms with Crippen LogP contribution in [0.15, 0.2) is 54.6 Å². The molecular formula is C20H18N2O4S. The first-order valence-electron chi connectivity index (χ1n) is 8.66. The molecule has 0 radical (unpaired) electrons. The summed E-state index contributed by atoms with van der Waals surface area (Å²) in [4.78, 5) is 38.7. The first-order chi connectivity index (χ1) is 13.1. The number of hydrogen-bond acceptors (Lipinski definition) is 4. The number of thioether (sulfide) groups is 1. The minimum absolute atomic E-state index is 0.171. The third-order valence-electron chi connectivity index (χ3n) is 4.89. The molecule has 0 aliphatic carbocycles. The van der Waals surface area contributed by atoms with Crippen molar-refractivity contribution in [2.24, 2.45) is 0 Å². The highest BCUT2D eigenvalue weighted by Gasteiger charge is 2.48. The van der Waals surface area contributed by atoms with E-state index in [0.29, 0.717) is 11.3 Å². The molecule has 2 aliphatic heterocycles. The second-order valence-electron chi connectivity index (χ2n) is 6.59. The summed E-state index contributed by atoms with van der Waals surface area (Å²) in [5.74, 6) is -1.23. The summed E-state index contributed by atoms with van der Waals surface area (Å²) in [7, 11) is 0. The van der Waals surface area contributed by atoms with E-state index >= 15 is 0 Å². The van der Waals surface area contributed by atoms with Crippen molar-refractivity contribution in [1.29, 1.82) is 0 Å². The fourth-order valence-corrected chi connectivity index (χ4v) is 5.02. The van der Waals surface area contributed by atoms with Gasteiger partial charge in [0, 0.05) is 17.7 Å². The average Bonchev–Trinajstić information content (AvgIpc) is 3.23. The van der Waals surface area contributed by atoms with Gasteiger partial charge < -0.3 is 15.3 Å². The number of carbonyl (C=O) groups excluding carboxylic acids is 2. The van der Waals surface area contributed by atoms with Crippen LogP contribution >= 0.6 is 11.8 Å². The molecule has 138 valence electrons. The first-order valence-corrected chi connectivity index (χ1v) is 9.71. The Balaban J connectivity index is 1.50. The Morgan fingerprint density at radius 2 is 1.85 bits per heavy atom. The van der Waals surface area contributed by atoms with Crippen molar-refractivity contribution in [1.82, 2.24) is 10.2 Å². The zero-order valence-corrected chi connectivity index (χ0v) is 15.2. The lowest BCUT2D eigenvalue weighted by atomic mass is 10.1. The number of hydrogen-bond donors (Lipinski definition) is 2. The molecule has 1 fully saturated rings. The highest BCUT2D eigenvalue weighted by atomic mass is 32.2. The van der Waals surface area contributed by atoms with Crippen LogP contribution in [0.3, 0.4) is 0 Å². The summed E-state index contributed by atoms with van der Waals surface area (Å²) >= 11 is 1.53. The van der Waals surface area contributed by atoms with Gasteiger partial charge in [0.05, 0.1) is 0 Å². The van der Waals surface area contributed by atoms with Crippen LogP contribution in [-0.2, 0) is 16.0 Å². The minimum Gasteiger partial charge on any atom is -0.480 e. The molecule has 7 heteroatoms. The molecule has 6 nitrogen and oxygen atoms in total. The number of nitrogens with one attached hydrogen (secondary N) is 1. The summed E-state index contributed by atoms with van der Waals surface area (Å²) in [6.07, 6.45) is 0.194. The molecular weight excluding hydrogens is 364 g/mol. The van der Waals surface area contributed by atoms with E-state index in [1.54, 1.807) is 17.0 Å². The quantitative estimate of drug-likeness (QED) is 0.827. The summed E-state index contributed by atoms with van der Waals surface area (Å²) in [5, 5.41) is 11.9. The Bertz CT molecular complexity index is 902. The van der Waals surface area contributed by atoms with Crippen LogP contribution in [-0.4, -0.2) is 45.6 Å². The monoisotopic (exact) mass is 382 g/mol. The number of fused-ring (bicyclic) bond motifs is 3. The number of carboxylic acids is 1. The van der Waals surface area contributed by atoms with Gasteiger partial charge in [-0.2, -0.15) is 0 Å². The van der Waals surface area contributed by atoms with Crippen LogP contribution in [0.5, 0.6) is 0 Å². The molecule has 0 aromatic heterocycles. The van der Waals surface area contributed by atoms with Gasteiger partial charge in [-0.15, -0.1) is 11.8 Å². The van der Waals surface area contributed by atoms with Gasteiger partial charge >= 0.3 is 5.97 Å². The zero-order valence-electron chi connectivity index (χ0n) is 14.4. The third-order valence-corrected chi connectivity index (χ3v) is 6.20. The van der Waals surface area contributed by atoms with Crippen LogP contribution in [0.4, 0.5) is 0 Å². The molecule has 0 saturated carbocycles. The molecule has 27 heavy (non-hydrogen) atoms. The fraction of sp³-hybridized carbons (Fsp3) is 0.250. The van der Waals surface area contributed by atoms with E-state index in [2.05, 4.69) is 5.32 Å². The summed E-state index contributed by atoms with van der Waals surface area (Å²) < 4.78 is 0. The van der Waals surface area contributed by atoms with Gasteiger partial charge in [-0.05, 0) is 17.2 Å². The number of carboxylic acid groups (broad SMARTS) is 1. The van der Waals surface area contributed by atoms with Crippen molar-refractivity contribution >= 4 is 29.5 Å². The molecule has 2 amide bonds. The van der Waals surface area contributed by atoms with E-state index < -0.39 is 24.0 Å². The van der Waals surface area contributed by atoms with Crippen molar-refractivity contribution in [3.05, 3.63) is 71.3 Å². The van der Waals surface area contributed by atoms with Crippen molar-refractivity contribution in [3.8, 4) is 0 Å². The van der Waals surface area contributed by atoms with Crippen molar-refractivity contribution in [3.63, 3.8) is 0 Å². The van der Waals surface area contributed by atoms with Crippen LogP contribution in [0.2, 0.25) is 0 Å². The Hall–Kier alpha value is -2.80. The molecule has 1 saturated heterocycles. The van der Waals surface area contributed by atoms with Crippen LogP contribution in [0.25, 0.3) is 0 Å². The van der Waals surface area contributed by atoms with E-state index in [9.17, 15) is 19.5 Å². The number of nitrogens with zero attached hydrogens (tertiary/aromatic N) is 1. The van der Waals surface area contributed by atoms with Gasteiger partial charge in [-0.3, -0.25) is 9.59 Å². The number of carbonyl (C=O) groups is 3. The Morgan fingerprint density at radius 1 is 1.15 bits per heavy atom. The maximum atomic E-state index is 12.8. The lowest BCUT2D eigenvalue weighted by Gasteiger charge is -2.24. The highest BCUT2D eigenvalue weighted by Crippen LogP contribution is 2.48. The largest absolute Gasteiger partial charge is 0.480 e. The maximum absolute atomic E-state index is 12.8. The third kappa shape index (κ3) is 3.19. The topological polar surface area (TPSA) is 86.7 Å². The van der Waals surface area contributed by atoms with Gasteiger partial charge in [-0.1, -0.05) is 48.5 Å². The van der Waals surface area contributed by atoms with Crippen molar-refractivity contribution < 1.29 is 19.5 Å². The predicted molar refractivity (Wildman–Crippen MR) is 101 cm³/mol. The lowest BCUT2D eigenvalue weighted by Crippen LogP contribution is -2.51. The molecule has 2 aromatic rings. The molecule has 4 rings (SSSR count). The van der Waals surface area contributed by atoms with Crippen molar-refractivity contribution in [2.75, 3.05) is 5.75 Å². The van der Waals surface area contributed by atoms with E-state index in [4.69, 9.17) is 0 Å². The van der Waals surface area contributed by atoms with Gasteiger partial charge in [0.2, 0.25) is 5.91 Å². The smallest absolute Gasteiger partial charge is 0.326 e. The molecule has 2 aliphatic rings. The SMILES string of the molecule is O=C(O)C(Cc1ccccc1)NC(=O)C1CSC2c3ccccc3C(=O)N12. The molecule has 2 aromatic carbocycles. The molecule has 0 bridgehead atoms. The molecule has 3 atom stereocenters. The standard InChI is InChI=1S/C20H18N2O4S/c23-17(21-15(20(25)26)10-12-6-2-1-3-7-12)16-11-27-19-14-9-5-4-8-13(14)18(24)22(16)19/h1-9,15-16,19H,10-11H2,(H,21,23)(H,25,26). The average molecular weight is 382 g/mol. The summed E-state index contributed by atoms with van der Waals surface area (Å²) in [5.41, 5.74) is 2.36. The Kier molecular flexibility index (Phi) is 4.61. The maximum Gasteiger partial charge on any atom is 0.326 e. The van der Waals surface area contributed by atoms with Crippen LogP contribution in [0, 0.1) is 0 Å².